The highest BCUT2D eigenvalue weighted by molar-refractivity contribution is 7.89. The number of aliphatic hydroxyl groups excluding tert-OH is 1. The van der Waals surface area contributed by atoms with Gasteiger partial charge in [-0.1, -0.05) is 6.07 Å². The summed E-state index contributed by atoms with van der Waals surface area (Å²) < 4.78 is 26.6. The Labute approximate surface area is 110 Å². The zero-order valence-electron chi connectivity index (χ0n) is 10.3. The van der Waals surface area contributed by atoms with E-state index in [1.54, 1.807) is 31.5 Å². The van der Waals surface area contributed by atoms with Crippen molar-refractivity contribution in [2.24, 2.45) is 0 Å². The highest BCUT2D eigenvalue weighted by Crippen LogP contribution is 2.16. The fraction of sp³-hybridized carbons (Fsp3) is 0.273. The van der Waals surface area contributed by atoms with Gasteiger partial charge in [0.25, 0.3) is 10.0 Å². The van der Waals surface area contributed by atoms with Crippen molar-refractivity contribution < 1.29 is 13.5 Å². The molecule has 2 rings (SSSR count). The normalized spacial score (nSPS) is 11.7. The summed E-state index contributed by atoms with van der Waals surface area (Å²) in [6, 6.07) is 3.49. The number of nitrogens with zero attached hydrogens (tertiary/aromatic N) is 2. The number of hydrogen-bond acceptors (Lipinski definition) is 5. The molecule has 7 nitrogen and oxygen atoms in total. The SMILES string of the molecule is Cc1[nH]nc(S(=O)(=O)NCc2cccnc2)c1CO. The quantitative estimate of drug-likeness (QED) is 0.720. The third-order valence-corrected chi connectivity index (χ3v) is 4.01. The van der Waals surface area contributed by atoms with E-state index in [1.165, 1.54) is 0 Å². The molecule has 0 saturated heterocycles. The van der Waals surface area contributed by atoms with Crippen LogP contribution in [0.2, 0.25) is 0 Å². The summed E-state index contributed by atoms with van der Waals surface area (Å²) in [6.45, 7) is 1.39. The van der Waals surface area contributed by atoms with Crippen molar-refractivity contribution in [2.45, 2.75) is 25.1 Å². The third-order valence-electron chi connectivity index (χ3n) is 2.64. The van der Waals surface area contributed by atoms with E-state index in [2.05, 4.69) is 19.9 Å². The van der Waals surface area contributed by atoms with Crippen LogP contribution in [0.25, 0.3) is 0 Å². The summed E-state index contributed by atoms with van der Waals surface area (Å²) in [5.74, 6) is 0. The summed E-state index contributed by atoms with van der Waals surface area (Å²) in [5.41, 5.74) is 1.55. The van der Waals surface area contributed by atoms with Gasteiger partial charge >= 0.3 is 0 Å². The van der Waals surface area contributed by atoms with E-state index in [0.29, 0.717) is 5.69 Å². The summed E-state index contributed by atoms with van der Waals surface area (Å²) in [7, 11) is -3.76. The van der Waals surface area contributed by atoms with Gasteiger partial charge in [-0.3, -0.25) is 10.1 Å². The molecule has 0 radical (unpaired) electrons. The van der Waals surface area contributed by atoms with Gasteiger partial charge in [-0.05, 0) is 18.6 Å². The maximum absolute atomic E-state index is 12.1. The molecule has 0 aliphatic rings. The molecule has 0 amide bonds. The number of sulfonamides is 1. The Morgan fingerprint density at radius 1 is 1.47 bits per heavy atom. The molecule has 0 aliphatic carbocycles. The monoisotopic (exact) mass is 282 g/mol. The van der Waals surface area contributed by atoms with Crippen LogP contribution < -0.4 is 4.72 Å². The predicted octanol–water partition coefficient (Wildman–Crippen LogP) is 0.0839. The van der Waals surface area contributed by atoms with Crippen LogP contribution in [0.1, 0.15) is 16.8 Å². The second kappa shape index (κ2) is 5.47. The predicted molar refractivity (Wildman–Crippen MR) is 67.5 cm³/mol. The minimum Gasteiger partial charge on any atom is -0.392 e. The van der Waals surface area contributed by atoms with Crippen LogP contribution in [0, 0.1) is 6.92 Å². The van der Waals surface area contributed by atoms with Gasteiger partial charge in [-0.2, -0.15) is 5.10 Å². The second-order valence-corrected chi connectivity index (χ2v) is 5.66. The highest BCUT2D eigenvalue weighted by Gasteiger charge is 2.22. The molecule has 0 spiro atoms. The molecule has 2 heterocycles. The fourth-order valence-electron chi connectivity index (χ4n) is 1.59. The number of aromatic amines is 1. The molecule has 0 atom stereocenters. The van der Waals surface area contributed by atoms with Crippen molar-refractivity contribution in [3.05, 3.63) is 41.3 Å². The van der Waals surface area contributed by atoms with Crippen LogP contribution in [0.3, 0.4) is 0 Å². The van der Waals surface area contributed by atoms with Gasteiger partial charge in [0.2, 0.25) is 0 Å². The van der Waals surface area contributed by atoms with E-state index in [9.17, 15) is 13.5 Å². The maximum Gasteiger partial charge on any atom is 0.260 e. The molecule has 8 heteroatoms. The number of aryl methyl sites for hydroxylation is 1. The maximum atomic E-state index is 12.1. The lowest BCUT2D eigenvalue weighted by molar-refractivity contribution is 0.277. The van der Waals surface area contributed by atoms with Gasteiger partial charge in [0.15, 0.2) is 5.03 Å². The first-order valence-corrected chi connectivity index (χ1v) is 7.06. The van der Waals surface area contributed by atoms with Crippen LogP contribution in [0.4, 0.5) is 0 Å². The Kier molecular flexibility index (Phi) is 3.93. The van der Waals surface area contributed by atoms with E-state index in [1.807, 2.05) is 0 Å². The molecule has 19 heavy (non-hydrogen) atoms. The molecule has 0 fully saturated rings. The third kappa shape index (κ3) is 2.98. The Morgan fingerprint density at radius 3 is 2.89 bits per heavy atom. The zero-order valence-corrected chi connectivity index (χ0v) is 11.1. The number of rotatable bonds is 5. The molecule has 3 N–H and O–H groups in total. The molecule has 2 aromatic heterocycles. The van der Waals surface area contributed by atoms with Crippen LogP contribution in [0.15, 0.2) is 29.6 Å². The van der Waals surface area contributed by atoms with Crippen LogP contribution >= 0.6 is 0 Å². The number of nitrogens with one attached hydrogen (secondary N) is 2. The summed E-state index contributed by atoms with van der Waals surface area (Å²) in [4.78, 5) is 3.90. The molecule has 0 saturated carbocycles. The molecule has 102 valence electrons. The average molecular weight is 282 g/mol. The second-order valence-electron chi connectivity index (χ2n) is 3.98. The van der Waals surface area contributed by atoms with Crippen LogP contribution in [-0.2, 0) is 23.2 Å². The summed E-state index contributed by atoms with van der Waals surface area (Å²) in [6.07, 6.45) is 3.18. The van der Waals surface area contributed by atoms with E-state index < -0.39 is 10.0 Å². The minimum absolute atomic E-state index is 0.118. The first-order valence-electron chi connectivity index (χ1n) is 5.58. The molecule has 0 aliphatic heterocycles. The zero-order chi connectivity index (χ0) is 13.9. The van der Waals surface area contributed by atoms with E-state index in [4.69, 9.17) is 0 Å². The van der Waals surface area contributed by atoms with Crippen molar-refractivity contribution in [3.63, 3.8) is 0 Å². The first kappa shape index (κ1) is 13.7. The van der Waals surface area contributed by atoms with Gasteiger partial charge in [0.1, 0.15) is 0 Å². The van der Waals surface area contributed by atoms with Crippen LogP contribution in [-0.4, -0.2) is 28.7 Å². The molecule has 0 unspecified atom stereocenters. The summed E-state index contributed by atoms with van der Waals surface area (Å²) >= 11 is 0. The number of H-pyrrole nitrogens is 1. The highest BCUT2D eigenvalue weighted by atomic mass is 32.2. The van der Waals surface area contributed by atoms with E-state index in [0.717, 1.165) is 5.56 Å². The number of hydrogen-bond donors (Lipinski definition) is 3. The molecule has 2 aromatic rings. The van der Waals surface area contributed by atoms with Gasteiger partial charge < -0.3 is 5.11 Å². The first-order chi connectivity index (χ1) is 9.04. The average Bonchev–Trinajstić information content (AvgIpc) is 2.79. The van der Waals surface area contributed by atoms with Crippen molar-refractivity contribution >= 4 is 10.0 Å². The smallest absolute Gasteiger partial charge is 0.260 e. The Bertz CT molecular complexity index is 652. The molecular formula is C11H14N4O3S. The van der Waals surface area contributed by atoms with E-state index >= 15 is 0 Å². The van der Waals surface area contributed by atoms with Crippen molar-refractivity contribution in [3.8, 4) is 0 Å². The Morgan fingerprint density at radius 2 is 2.26 bits per heavy atom. The van der Waals surface area contributed by atoms with Crippen molar-refractivity contribution in [2.75, 3.05) is 0 Å². The molecule has 0 aromatic carbocycles. The number of pyridine rings is 1. The lowest BCUT2D eigenvalue weighted by Crippen LogP contribution is -2.24. The Balaban J connectivity index is 2.19. The van der Waals surface area contributed by atoms with Gasteiger partial charge in [0, 0.05) is 30.2 Å². The van der Waals surface area contributed by atoms with Crippen molar-refractivity contribution in [1.82, 2.24) is 19.9 Å². The molecule has 0 bridgehead atoms. The standard InChI is InChI=1S/C11H14N4O3S/c1-8-10(7-16)11(15-14-8)19(17,18)13-6-9-3-2-4-12-5-9/h2-5,13,16H,6-7H2,1H3,(H,14,15). The number of aliphatic hydroxyl groups is 1. The minimum atomic E-state index is -3.76. The van der Waals surface area contributed by atoms with Gasteiger partial charge in [0.05, 0.1) is 6.61 Å². The summed E-state index contributed by atoms with van der Waals surface area (Å²) in [5, 5.41) is 15.3. The van der Waals surface area contributed by atoms with Crippen LogP contribution in [0.5, 0.6) is 0 Å². The van der Waals surface area contributed by atoms with Gasteiger partial charge in [-0.25, -0.2) is 13.1 Å². The largest absolute Gasteiger partial charge is 0.392 e. The lowest BCUT2D eigenvalue weighted by Gasteiger charge is -2.05. The topological polar surface area (TPSA) is 108 Å². The lowest BCUT2D eigenvalue weighted by atomic mass is 10.3. The molecular weight excluding hydrogens is 268 g/mol. The van der Waals surface area contributed by atoms with Gasteiger partial charge in [-0.15, -0.1) is 0 Å². The van der Waals surface area contributed by atoms with E-state index in [-0.39, 0.29) is 23.7 Å². The van der Waals surface area contributed by atoms with Crippen molar-refractivity contribution in [1.29, 1.82) is 0 Å². The number of aromatic nitrogens is 3. The Hall–Kier alpha value is -1.77. The fourth-order valence-corrected chi connectivity index (χ4v) is 2.79.